The van der Waals surface area contributed by atoms with E-state index in [1.165, 1.54) is 6.92 Å². The van der Waals surface area contributed by atoms with E-state index in [0.29, 0.717) is 4.57 Å². The van der Waals surface area contributed by atoms with Gasteiger partial charge in [0.2, 0.25) is 0 Å². The molecule has 9 N–H and O–H groups in total. The molecule has 17 nitrogen and oxygen atoms in total. The van der Waals surface area contributed by atoms with Crippen molar-refractivity contribution in [2.75, 3.05) is 19.0 Å². The molecule has 1 aromatic heterocycles. The Kier molecular flexibility index (Phi) is 7.67. The Morgan fingerprint density at radius 2 is 1.94 bits per heavy atom. The molecule has 0 saturated carbocycles. The van der Waals surface area contributed by atoms with Crippen molar-refractivity contribution in [1.29, 1.82) is 0 Å². The number of phosphoric acid groups is 3. The summed E-state index contributed by atoms with van der Waals surface area (Å²) < 4.78 is 80.1. The van der Waals surface area contributed by atoms with Gasteiger partial charge in [-0.25, -0.2) is 22.9 Å². The van der Waals surface area contributed by atoms with Crippen LogP contribution in [0.25, 0.3) is 0 Å². The van der Waals surface area contributed by atoms with Gasteiger partial charge in [-0.3, -0.25) is 9.09 Å². The van der Waals surface area contributed by atoms with Crippen LogP contribution in [0.15, 0.2) is 10.9 Å². The smallest absolute Gasteiger partial charge is 0.387 e. The van der Waals surface area contributed by atoms with Crippen LogP contribution in [-0.2, 0) is 31.6 Å². The van der Waals surface area contributed by atoms with E-state index in [9.17, 15) is 37.8 Å². The van der Waals surface area contributed by atoms with E-state index in [-0.39, 0.29) is 11.5 Å². The van der Waals surface area contributed by atoms with E-state index in [0.717, 1.165) is 6.07 Å². The summed E-state index contributed by atoms with van der Waals surface area (Å²) in [5.74, 6) is 3.74. The van der Waals surface area contributed by atoms with Gasteiger partial charge in [0.25, 0.3) is 0 Å². The predicted molar refractivity (Wildman–Crippen MR) is 108 cm³/mol. The zero-order valence-electron chi connectivity index (χ0n) is 18.8. The largest absolute Gasteiger partial charge is 0.490 e. The highest BCUT2D eigenvalue weighted by Crippen LogP contribution is 2.66. The minimum Gasteiger partial charge on any atom is -0.387 e. The van der Waals surface area contributed by atoms with Crippen LogP contribution in [-0.4, -0.2) is 65.2 Å². The average molecular weight is 554 g/mol. The molecule has 1 aromatic rings. The summed E-state index contributed by atoms with van der Waals surface area (Å²) >= 11 is 0. The molecule has 2 heterocycles. The number of halogens is 1. The highest BCUT2D eigenvalue weighted by Gasteiger charge is 2.55. The maximum atomic E-state index is 12.8. The van der Waals surface area contributed by atoms with Crippen molar-refractivity contribution >= 4 is 29.3 Å². The first-order chi connectivity index (χ1) is 16.1. The van der Waals surface area contributed by atoms with Crippen molar-refractivity contribution in [3.05, 3.63) is 22.2 Å². The molecule has 21 heteroatoms. The number of ether oxygens (including phenoxy) is 1. The monoisotopic (exact) mass is 554 g/mol. The Labute approximate surface area is 192 Å². The molecule has 1 aliphatic heterocycles. The van der Waals surface area contributed by atoms with Crippen LogP contribution in [0.4, 0.5) is 10.2 Å². The number of aliphatic hydroxyl groups excluding tert-OH is 1. The van der Waals surface area contributed by atoms with Gasteiger partial charge in [0.05, 0.1) is 9.30 Å². The lowest BCUT2D eigenvalue weighted by molar-refractivity contribution is -0.0474. The van der Waals surface area contributed by atoms with Crippen LogP contribution >= 0.6 is 23.5 Å². The van der Waals surface area contributed by atoms with Gasteiger partial charge in [0.1, 0.15) is 24.7 Å². The van der Waals surface area contributed by atoms with E-state index in [1.807, 2.05) is 5.92 Å². The van der Waals surface area contributed by atoms with Crippen molar-refractivity contribution in [1.82, 2.24) is 9.55 Å². The van der Waals surface area contributed by atoms with E-state index >= 15 is 0 Å². The number of nitrogens with zero attached hydrogens (tertiary/aromatic N) is 2. The SMILES string of the molecule is [2H]C([2H])(OP(=O)(O)OP(=O)(O)OP(=O)(O)O)[C@H]1O[C@@H](n2c(C)cc(N)nc2=O)C(N)(C#CCF)[C@H]1O. The summed E-state index contributed by atoms with van der Waals surface area (Å²) in [6, 6.07) is 1.16. The second-order valence-electron chi connectivity index (χ2n) is 6.50. The van der Waals surface area contributed by atoms with Crippen LogP contribution in [0.5, 0.6) is 0 Å². The first kappa shape index (κ1) is 25.5. The van der Waals surface area contributed by atoms with Crippen LogP contribution in [0.1, 0.15) is 14.7 Å². The number of hydrogen-bond acceptors (Lipinski definition) is 12. The van der Waals surface area contributed by atoms with E-state index in [4.69, 9.17) is 28.7 Å². The average Bonchev–Trinajstić information content (AvgIpc) is 2.88. The van der Waals surface area contributed by atoms with Crippen molar-refractivity contribution in [2.24, 2.45) is 5.73 Å². The zero-order chi connectivity index (χ0) is 27.9. The van der Waals surface area contributed by atoms with Gasteiger partial charge < -0.3 is 40.9 Å². The third kappa shape index (κ3) is 7.00. The Bertz CT molecular complexity index is 1280. The number of hydrogen-bond donors (Lipinski definition) is 7. The standard InChI is InChI=1S/C13H20FN4O13P3/c1-7-5-9(15)17-12(20)18(7)11-13(16,3-2-4-14)10(19)8(29-11)6-28-33(24,25)31-34(26,27)30-32(21,22)23/h5,8,10-11,19H,4,6,16H2,1H3,(H,24,25)(H,26,27)(H2,15,17,20)(H2,21,22,23)/t8-,10+,11-,13?/m1/s1/i6D2. The highest BCUT2D eigenvalue weighted by atomic mass is 31.3. The van der Waals surface area contributed by atoms with Crippen molar-refractivity contribution < 1.29 is 63.4 Å². The van der Waals surface area contributed by atoms with Gasteiger partial charge >= 0.3 is 29.2 Å². The second kappa shape index (κ2) is 10.2. The number of aliphatic hydroxyl groups is 1. The van der Waals surface area contributed by atoms with Gasteiger partial charge in [-0.05, 0) is 13.0 Å². The quantitative estimate of drug-likeness (QED) is 0.141. The third-order valence-corrected chi connectivity index (χ3v) is 7.60. The number of anilines is 1. The summed E-state index contributed by atoms with van der Waals surface area (Å²) in [4.78, 5) is 51.9. The predicted octanol–water partition coefficient (Wildman–Crippen LogP) is -1.59. The van der Waals surface area contributed by atoms with Crippen LogP contribution in [0, 0.1) is 18.8 Å². The topological polar surface area (TPSA) is 276 Å². The van der Waals surface area contributed by atoms with Crippen molar-refractivity contribution in [2.45, 2.75) is 30.9 Å². The number of aromatic nitrogens is 2. The molecule has 0 aromatic carbocycles. The highest BCUT2D eigenvalue weighted by molar-refractivity contribution is 7.66. The molecule has 192 valence electrons. The molecule has 1 fully saturated rings. The fourth-order valence-corrected chi connectivity index (χ4v) is 5.62. The van der Waals surface area contributed by atoms with E-state index in [2.05, 4.69) is 24.0 Å². The first-order valence-electron chi connectivity index (χ1n) is 9.53. The summed E-state index contributed by atoms with van der Waals surface area (Å²) in [7, 11) is -17.8. The van der Waals surface area contributed by atoms with Crippen LogP contribution in [0.3, 0.4) is 0 Å². The normalized spacial score (nSPS) is 29.8. The lowest BCUT2D eigenvalue weighted by Gasteiger charge is -2.29. The maximum Gasteiger partial charge on any atom is 0.490 e. The molecule has 3 unspecified atom stereocenters. The molecule has 0 amide bonds. The molecule has 1 aliphatic rings. The molecule has 1 saturated heterocycles. The lowest BCUT2D eigenvalue weighted by atomic mass is 9.91. The number of nitrogen functional groups attached to an aromatic ring is 1. The Morgan fingerprint density at radius 1 is 1.32 bits per heavy atom. The van der Waals surface area contributed by atoms with Crippen LogP contribution < -0.4 is 17.2 Å². The van der Waals surface area contributed by atoms with Gasteiger partial charge in [-0.15, -0.1) is 0 Å². The molecule has 0 radical (unpaired) electrons. The fourth-order valence-electron chi connectivity index (χ4n) is 2.74. The van der Waals surface area contributed by atoms with E-state index < -0.39 is 66.4 Å². The molecule has 0 aliphatic carbocycles. The van der Waals surface area contributed by atoms with Crippen molar-refractivity contribution in [3.8, 4) is 11.8 Å². The Morgan fingerprint density at radius 3 is 2.47 bits per heavy atom. The summed E-state index contributed by atoms with van der Waals surface area (Å²) in [6.07, 6.45) is -6.68. The summed E-state index contributed by atoms with van der Waals surface area (Å²) in [5, 5.41) is 10.7. The van der Waals surface area contributed by atoms with Crippen LogP contribution in [0.2, 0.25) is 0 Å². The van der Waals surface area contributed by atoms with Crippen molar-refractivity contribution in [3.63, 3.8) is 0 Å². The van der Waals surface area contributed by atoms with Gasteiger partial charge in [-0.1, -0.05) is 11.8 Å². The fraction of sp³-hybridized carbons (Fsp3) is 0.538. The number of phosphoric ester groups is 1. The molecule has 6 atom stereocenters. The Balaban J connectivity index is 2.48. The van der Waals surface area contributed by atoms with Gasteiger partial charge in [-0.2, -0.15) is 13.6 Å². The zero-order valence-corrected chi connectivity index (χ0v) is 19.5. The molecule has 34 heavy (non-hydrogen) atoms. The summed E-state index contributed by atoms with van der Waals surface area (Å²) in [5.41, 5.74) is 7.95. The minimum atomic E-state index is -6.06. The Hall–Kier alpha value is -1.54. The maximum absolute atomic E-state index is 12.8. The third-order valence-electron chi connectivity index (χ3n) is 3.93. The molecular weight excluding hydrogens is 532 g/mol. The first-order valence-corrected chi connectivity index (χ1v) is 13.0. The lowest BCUT2D eigenvalue weighted by Crippen LogP contribution is -2.55. The molecule has 0 bridgehead atoms. The second-order valence-corrected chi connectivity index (χ2v) is 10.8. The molecule has 0 spiro atoms. The minimum absolute atomic E-state index is 0.00988. The number of nitrogens with two attached hydrogens (primary N) is 2. The van der Waals surface area contributed by atoms with E-state index in [1.54, 1.807) is 0 Å². The molecular formula is C13H20FN4O13P3. The van der Waals surface area contributed by atoms with Gasteiger partial charge in [0, 0.05) is 5.69 Å². The number of aryl methyl sites for hydroxylation is 1. The summed E-state index contributed by atoms with van der Waals surface area (Å²) in [6.45, 7) is -3.65. The molecule has 2 rings (SSSR count). The number of rotatable bonds is 8. The number of alkyl halides is 1. The van der Waals surface area contributed by atoms with Gasteiger partial charge in [0.15, 0.2) is 11.8 Å².